The van der Waals surface area contributed by atoms with E-state index in [9.17, 15) is 0 Å². The van der Waals surface area contributed by atoms with Gasteiger partial charge in [-0.3, -0.25) is 4.98 Å². The Bertz CT molecular complexity index is 326. The number of fused-ring (bicyclic) bond motifs is 1. The Morgan fingerprint density at radius 2 is 2.07 bits per heavy atom. The first-order valence-corrected chi connectivity index (χ1v) is 5.98. The van der Waals surface area contributed by atoms with Crippen LogP contribution in [0.3, 0.4) is 0 Å². The Labute approximate surface area is 90.9 Å². The van der Waals surface area contributed by atoms with Gasteiger partial charge in [-0.25, -0.2) is 0 Å². The zero-order chi connectivity index (χ0) is 10.3. The maximum absolute atomic E-state index is 6.25. The third-order valence-electron chi connectivity index (χ3n) is 4.06. The van der Waals surface area contributed by atoms with Gasteiger partial charge in [0.2, 0.25) is 0 Å². The monoisotopic (exact) mass is 202 g/mol. The molecule has 0 amide bonds. The standard InChI is InChI=1S/C13H18N2/c14-13(8-12-3-1-2-4-15-12)11-6-9-5-10(9)7-11/h1-4,9-11,13H,5-8,14H2. The molecule has 2 aliphatic rings. The highest BCUT2D eigenvalue weighted by atomic mass is 14.7. The molecule has 0 aliphatic heterocycles. The van der Waals surface area contributed by atoms with Crippen LogP contribution in [0.5, 0.6) is 0 Å². The fraction of sp³-hybridized carbons (Fsp3) is 0.615. The Kier molecular flexibility index (Phi) is 2.24. The lowest BCUT2D eigenvalue weighted by Crippen LogP contribution is -2.31. The molecule has 3 unspecified atom stereocenters. The molecule has 1 aromatic heterocycles. The summed E-state index contributed by atoms with van der Waals surface area (Å²) in [7, 11) is 0. The third kappa shape index (κ3) is 1.91. The van der Waals surface area contributed by atoms with Crippen LogP contribution in [0.1, 0.15) is 25.0 Å². The van der Waals surface area contributed by atoms with Crippen molar-refractivity contribution < 1.29 is 0 Å². The Morgan fingerprint density at radius 3 is 2.73 bits per heavy atom. The van der Waals surface area contributed by atoms with Gasteiger partial charge in [-0.1, -0.05) is 6.07 Å². The van der Waals surface area contributed by atoms with Crippen LogP contribution < -0.4 is 5.73 Å². The second-order valence-electron chi connectivity index (χ2n) is 5.18. The average Bonchev–Trinajstić information content (AvgIpc) is 2.87. The fourth-order valence-corrected chi connectivity index (χ4v) is 3.04. The van der Waals surface area contributed by atoms with Crippen LogP contribution in [-0.2, 0) is 6.42 Å². The first-order valence-electron chi connectivity index (χ1n) is 5.98. The van der Waals surface area contributed by atoms with E-state index in [2.05, 4.69) is 11.1 Å². The van der Waals surface area contributed by atoms with Crippen LogP contribution in [0.15, 0.2) is 24.4 Å². The van der Waals surface area contributed by atoms with Gasteiger partial charge in [0.25, 0.3) is 0 Å². The molecule has 0 aromatic carbocycles. The summed E-state index contributed by atoms with van der Waals surface area (Å²) in [5.74, 6) is 2.82. The molecule has 0 spiro atoms. The van der Waals surface area contributed by atoms with E-state index in [-0.39, 0.29) is 0 Å². The number of hydrogen-bond donors (Lipinski definition) is 1. The molecule has 3 rings (SSSR count). The lowest BCUT2D eigenvalue weighted by Gasteiger charge is -2.20. The molecule has 0 bridgehead atoms. The molecule has 2 N–H and O–H groups in total. The Morgan fingerprint density at radius 1 is 1.27 bits per heavy atom. The van der Waals surface area contributed by atoms with Crippen LogP contribution >= 0.6 is 0 Å². The minimum atomic E-state index is 0.327. The van der Waals surface area contributed by atoms with E-state index in [1.54, 1.807) is 0 Å². The zero-order valence-corrected chi connectivity index (χ0v) is 8.97. The van der Waals surface area contributed by atoms with Gasteiger partial charge in [-0.2, -0.15) is 0 Å². The fourth-order valence-electron chi connectivity index (χ4n) is 3.04. The molecule has 2 nitrogen and oxygen atoms in total. The molecule has 1 heterocycles. The Balaban J connectivity index is 1.59. The van der Waals surface area contributed by atoms with E-state index in [0.29, 0.717) is 6.04 Å². The second-order valence-corrected chi connectivity index (χ2v) is 5.18. The van der Waals surface area contributed by atoms with Crippen molar-refractivity contribution in [1.29, 1.82) is 0 Å². The van der Waals surface area contributed by atoms with Crippen LogP contribution in [0, 0.1) is 17.8 Å². The Hall–Kier alpha value is -0.890. The highest BCUT2D eigenvalue weighted by Gasteiger charge is 2.47. The summed E-state index contributed by atoms with van der Waals surface area (Å²) in [6.07, 6.45) is 7.03. The second kappa shape index (κ2) is 3.60. The number of pyridine rings is 1. The minimum Gasteiger partial charge on any atom is -0.327 e. The van der Waals surface area contributed by atoms with Crippen LogP contribution in [0.4, 0.5) is 0 Å². The van der Waals surface area contributed by atoms with E-state index in [1.165, 1.54) is 19.3 Å². The van der Waals surface area contributed by atoms with Crippen molar-refractivity contribution in [3.63, 3.8) is 0 Å². The van der Waals surface area contributed by atoms with Crippen molar-refractivity contribution in [3.05, 3.63) is 30.1 Å². The van der Waals surface area contributed by atoms with Crippen LogP contribution in [0.25, 0.3) is 0 Å². The van der Waals surface area contributed by atoms with Gasteiger partial charge >= 0.3 is 0 Å². The molecule has 2 heteroatoms. The van der Waals surface area contributed by atoms with Crippen LogP contribution in [0.2, 0.25) is 0 Å². The summed E-state index contributed by atoms with van der Waals surface area (Å²) in [6.45, 7) is 0. The van der Waals surface area contributed by atoms with Crippen molar-refractivity contribution in [1.82, 2.24) is 4.98 Å². The molecule has 2 saturated carbocycles. The number of aromatic nitrogens is 1. The lowest BCUT2D eigenvalue weighted by atomic mass is 9.92. The van der Waals surface area contributed by atoms with Crippen molar-refractivity contribution >= 4 is 0 Å². The van der Waals surface area contributed by atoms with Crippen molar-refractivity contribution in [2.24, 2.45) is 23.5 Å². The van der Waals surface area contributed by atoms with Gasteiger partial charge in [0.05, 0.1) is 0 Å². The molecular formula is C13H18N2. The van der Waals surface area contributed by atoms with Gasteiger partial charge < -0.3 is 5.73 Å². The summed E-state index contributed by atoms with van der Waals surface area (Å²) >= 11 is 0. The summed E-state index contributed by atoms with van der Waals surface area (Å²) in [5.41, 5.74) is 7.40. The highest BCUT2D eigenvalue weighted by Crippen LogP contribution is 2.55. The van der Waals surface area contributed by atoms with E-state index in [1.807, 2.05) is 18.3 Å². The summed E-state index contributed by atoms with van der Waals surface area (Å²) in [6, 6.07) is 6.41. The van der Waals surface area contributed by atoms with Crippen molar-refractivity contribution in [2.45, 2.75) is 31.7 Å². The first-order chi connectivity index (χ1) is 7.33. The molecule has 0 radical (unpaired) electrons. The number of nitrogens with two attached hydrogens (primary N) is 1. The molecule has 3 atom stereocenters. The zero-order valence-electron chi connectivity index (χ0n) is 8.97. The lowest BCUT2D eigenvalue weighted by molar-refractivity contribution is 0.390. The number of hydrogen-bond acceptors (Lipinski definition) is 2. The average molecular weight is 202 g/mol. The molecule has 15 heavy (non-hydrogen) atoms. The molecule has 80 valence electrons. The summed E-state index contributed by atoms with van der Waals surface area (Å²) in [4.78, 5) is 4.34. The van der Waals surface area contributed by atoms with Gasteiger partial charge in [-0.05, 0) is 49.1 Å². The van der Waals surface area contributed by atoms with E-state index < -0.39 is 0 Å². The summed E-state index contributed by atoms with van der Waals surface area (Å²) in [5, 5.41) is 0. The first kappa shape index (κ1) is 9.34. The van der Waals surface area contributed by atoms with Gasteiger partial charge in [-0.15, -0.1) is 0 Å². The molecular weight excluding hydrogens is 184 g/mol. The molecule has 2 fully saturated rings. The largest absolute Gasteiger partial charge is 0.327 e. The van der Waals surface area contributed by atoms with E-state index in [4.69, 9.17) is 5.73 Å². The van der Waals surface area contributed by atoms with Gasteiger partial charge in [0.15, 0.2) is 0 Å². The number of nitrogens with zero attached hydrogens (tertiary/aromatic N) is 1. The van der Waals surface area contributed by atoms with Gasteiger partial charge in [0, 0.05) is 24.4 Å². The molecule has 2 aliphatic carbocycles. The maximum atomic E-state index is 6.25. The quantitative estimate of drug-likeness (QED) is 0.814. The topological polar surface area (TPSA) is 38.9 Å². The van der Waals surface area contributed by atoms with Gasteiger partial charge in [0.1, 0.15) is 0 Å². The predicted molar refractivity (Wildman–Crippen MR) is 60.2 cm³/mol. The minimum absolute atomic E-state index is 0.327. The number of rotatable bonds is 3. The van der Waals surface area contributed by atoms with Crippen molar-refractivity contribution in [2.75, 3.05) is 0 Å². The highest BCUT2D eigenvalue weighted by molar-refractivity contribution is 5.07. The summed E-state index contributed by atoms with van der Waals surface area (Å²) < 4.78 is 0. The van der Waals surface area contributed by atoms with E-state index >= 15 is 0 Å². The SMILES string of the molecule is NC(Cc1ccccn1)C1CC2CC2C1. The van der Waals surface area contributed by atoms with Crippen molar-refractivity contribution in [3.8, 4) is 0 Å². The smallest absolute Gasteiger partial charge is 0.0419 e. The van der Waals surface area contributed by atoms with Crippen LogP contribution in [-0.4, -0.2) is 11.0 Å². The normalized spacial score (nSPS) is 34.9. The third-order valence-corrected chi connectivity index (χ3v) is 4.06. The molecule has 1 aromatic rings. The molecule has 0 saturated heterocycles. The predicted octanol–water partition coefficient (Wildman–Crippen LogP) is 2.00. The van der Waals surface area contributed by atoms with E-state index in [0.717, 1.165) is 29.9 Å². The maximum Gasteiger partial charge on any atom is 0.0419 e.